The highest BCUT2D eigenvalue weighted by atomic mass is 19.1. The van der Waals surface area contributed by atoms with Gasteiger partial charge in [-0.1, -0.05) is 47.6 Å². The zero-order valence-electron chi connectivity index (χ0n) is 15.5. The van der Waals surface area contributed by atoms with Crippen LogP contribution in [0.15, 0.2) is 59.1 Å². The molecule has 4 rings (SSSR count). The van der Waals surface area contributed by atoms with Crippen LogP contribution in [0.4, 0.5) is 4.39 Å². The van der Waals surface area contributed by atoms with Gasteiger partial charge in [0.25, 0.3) is 0 Å². The standard InChI is InChI=1S/C22H21FN4O/c23-19-8-6-17(7-9-19)14-20-25-21(28-26-20)22(16-24)10-12-27(13-11-22)15-18-4-2-1-3-5-18/h1-9H,10-15H2. The molecule has 1 aromatic heterocycles. The normalized spacial score (nSPS) is 16.6. The SMILES string of the molecule is N#CC1(c2nc(Cc3ccc(F)cc3)no2)CCN(Cc2ccccc2)CC1. The number of hydrogen-bond acceptors (Lipinski definition) is 5. The van der Waals surface area contributed by atoms with E-state index < -0.39 is 5.41 Å². The van der Waals surface area contributed by atoms with Gasteiger partial charge in [-0.05, 0) is 36.1 Å². The summed E-state index contributed by atoms with van der Waals surface area (Å²) in [5.74, 6) is 0.637. The summed E-state index contributed by atoms with van der Waals surface area (Å²) in [6.07, 6.45) is 1.77. The van der Waals surface area contributed by atoms with Gasteiger partial charge in [-0.25, -0.2) is 4.39 Å². The molecule has 1 fully saturated rings. The van der Waals surface area contributed by atoms with E-state index in [4.69, 9.17) is 4.52 Å². The molecule has 0 spiro atoms. The van der Waals surface area contributed by atoms with E-state index in [9.17, 15) is 9.65 Å². The van der Waals surface area contributed by atoms with E-state index in [0.717, 1.165) is 25.2 Å². The topological polar surface area (TPSA) is 66.0 Å². The van der Waals surface area contributed by atoms with Crippen molar-refractivity contribution in [2.24, 2.45) is 0 Å². The van der Waals surface area contributed by atoms with E-state index in [0.29, 0.717) is 31.0 Å². The number of aromatic nitrogens is 2. The fourth-order valence-corrected chi connectivity index (χ4v) is 3.61. The van der Waals surface area contributed by atoms with Crippen molar-refractivity contribution in [2.75, 3.05) is 13.1 Å². The molecular formula is C22H21FN4O. The molecule has 1 aliphatic heterocycles. The molecule has 28 heavy (non-hydrogen) atoms. The second-order valence-electron chi connectivity index (χ2n) is 7.27. The Morgan fingerprint density at radius 3 is 2.43 bits per heavy atom. The minimum atomic E-state index is -0.735. The molecule has 3 aromatic rings. The van der Waals surface area contributed by atoms with Gasteiger partial charge < -0.3 is 4.52 Å². The lowest BCUT2D eigenvalue weighted by Crippen LogP contribution is -2.41. The summed E-state index contributed by atoms with van der Waals surface area (Å²) in [5, 5.41) is 13.9. The maximum Gasteiger partial charge on any atom is 0.247 e. The maximum atomic E-state index is 13.0. The van der Waals surface area contributed by atoms with Gasteiger partial charge in [0.15, 0.2) is 5.82 Å². The minimum absolute atomic E-state index is 0.275. The van der Waals surface area contributed by atoms with Gasteiger partial charge in [0.05, 0.1) is 6.07 Å². The Hall–Kier alpha value is -3.04. The first-order valence-electron chi connectivity index (χ1n) is 9.42. The Kier molecular flexibility index (Phi) is 5.18. The van der Waals surface area contributed by atoms with Crippen LogP contribution in [0.25, 0.3) is 0 Å². The minimum Gasteiger partial charge on any atom is -0.338 e. The van der Waals surface area contributed by atoms with Crippen molar-refractivity contribution in [3.63, 3.8) is 0 Å². The van der Waals surface area contributed by atoms with Crippen molar-refractivity contribution in [3.8, 4) is 6.07 Å². The summed E-state index contributed by atoms with van der Waals surface area (Å²) in [7, 11) is 0. The average Bonchev–Trinajstić information content (AvgIpc) is 3.20. The summed E-state index contributed by atoms with van der Waals surface area (Å²) in [6.45, 7) is 2.48. The van der Waals surface area contributed by atoms with Crippen LogP contribution in [0.5, 0.6) is 0 Å². The van der Waals surface area contributed by atoms with Gasteiger partial charge in [-0.3, -0.25) is 4.90 Å². The maximum absolute atomic E-state index is 13.0. The van der Waals surface area contributed by atoms with Crippen LogP contribution in [0.1, 0.15) is 35.7 Å². The van der Waals surface area contributed by atoms with Crippen LogP contribution < -0.4 is 0 Å². The zero-order valence-corrected chi connectivity index (χ0v) is 15.5. The number of nitriles is 1. The molecule has 0 radical (unpaired) electrons. The summed E-state index contributed by atoms with van der Waals surface area (Å²) >= 11 is 0. The first-order valence-corrected chi connectivity index (χ1v) is 9.42. The summed E-state index contributed by atoms with van der Waals surface area (Å²) in [4.78, 5) is 6.84. The summed E-state index contributed by atoms with van der Waals surface area (Å²) < 4.78 is 18.5. The smallest absolute Gasteiger partial charge is 0.247 e. The van der Waals surface area contributed by atoms with E-state index in [-0.39, 0.29) is 5.82 Å². The van der Waals surface area contributed by atoms with Crippen LogP contribution in [0.2, 0.25) is 0 Å². The molecule has 0 saturated carbocycles. The van der Waals surface area contributed by atoms with Crippen LogP contribution in [0, 0.1) is 17.1 Å². The molecule has 0 amide bonds. The Balaban J connectivity index is 1.42. The molecule has 2 aromatic carbocycles. The van der Waals surface area contributed by atoms with Gasteiger partial charge in [0, 0.05) is 26.1 Å². The van der Waals surface area contributed by atoms with Crippen molar-refractivity contribution < 1.29 is 8.91 Å². The van der Waals surface area contributed by atoms with E-state index in [1.54, 1.807) is 12.1 Å². The quantitative estimate of drug-likeness (QED) is 0.677. The summed E-state index contributed by atoms with van der Waals surface area (Å²) in [6, 6.07) is 19.0. The number of nitrogens with zero attached hydrogens (tertiary/aromatic N) is 4. The van der Waals surface area contributed by atoms with Crippen LogP contribution in [-0.2, 0) is 18.4 Å². The van der Waals surface area contributed by atoms with E-state index in [2.05, 4.69) is 33.2 Å². The van der Waals surface area contributed by atoms with Gasteiger partial charge in [0.2, 0.25) is 5.89 Å². The van der Waals surface area contributed by atoms with Gasteiger partial charge >= 0.3 is 0 Å². The van der Waals surface area contributed by atoms with Crippen LogP contribution >= 0.6 is 0 Å². The van der Waals surface area contributed by atoms with E-state index in [1.165, 1.54) is 17.7 Å². The molecule has 0 atom stereocenters. The molecule has 0 bridgehead atoms. The molecule has 0 unspecified atom stereocenters. The number of rotatable bonds is 5. The number of halogens is 1. The molecule has 0 aliphatic carbocycles. The highest BCUT2D eigenvalue weighted by Gasteiger charge is 2.41. The molecular weight excluding hydrogens is 355 g/mol. The molecule has 1 aliphatic rings. The molecule has 142 valence electrons. The number of likely N-dealkylation sites (tertiary alicyclic amines) is 1. The molecule has 5 nitrogen and oxygen atoms in total. The Morgan fingerprint density at radius 2 is 1.75 bits per heavy atom. The first kappa shape index (κ1) is 18.3. The third kappa shape index (κ3) is 3.95. The summed E-state index contributed by atoms with van der Waals surface area (Å²) in [5.41, 5.74) is 1.44. The van der Waals surface area contributed by atoms with Crippen molar-refractivity contribution >= 4 is 0 Å². The van der Waals surface area contributed by atoms with Gasteiger partial charge in [0.1, 0.15) is 11.2 Å². The van der Waals surface area contributed by atoms with Crippen molar-refractivity contribution in [2.45, 2.75) is 31.2 Å². The molecule has 1 saturated heterocycles. The highest BCUT2D eigenvalue weighted by Crippen LogP contribution is 2.34. The monoisotopic (exact) mass is 376 g/mol. The average molecular weight is 376 g/mol. The fraction of sp³-hybridized carbons (Fsp3) is 0.318. The lowest BCUT2D eigenvalue weighted by Gasteiger charge is -2.34. The molecule has 6 heteroatoms. The Labute approximate surface area is 163 Å². The Morgan fingerprint density at radius 1 is 1.04 bits per heavy atom. The third-order valence-corrected chi connectivity index (χ3v) is 5.33. The van der Waals surface area contributed by atoms with Crippen LogP contribution in [-0.4, -0.2) is 28.1 Å². The largest absolute Gasteiger partial charge is 0.338 e. The lowest BCUT2D eigenvalue weighted by atomic mass is 9.79. The number of piperidine rings is 1. The lowest BCUT2D eigenvalue weighted by molar-refractivity contribution is 0.157. The predicted molar refractivity (Wildman–Crippen MR) is 102 cm³/mol. The second-order valence-corrected chi connectivity index (χ2v) is 7.27. The number of benzene rings is 2. The highest BCUT2D eigenvalue weighted by molar-refractivity contribution is 5.23. The van der Waals surface area contributed by atoms with Gasteiger partial charge in [-0.2, -0.15) is 10.2 Å². The third-order valence-electron chi connectivity index (χ3n) is 5.33. The fourth-order valence-electron chi connectivity index (χ4n) is 3.61. The number of hydrogen-bond donors (Lipinski definition) is 0. The zero-order chi connectivity index (χ0) is 19.4. The van der Waals surface area contributed by atoms with E-state index in [1.807, 2.05) is 18.2 Å². The van der Waals surface area contributed by atoms with E-state index >= 15 is 0 Å². The van der Waals surface area contributed by atoms with Crippen molar-refractivity contribution in [1.29, 1.82) is 5.26 Å². The van der Waals surface area contributed by atoms with Crippen molar-refractivity contribution in [1.82, 2.24) is 15.0 Å². The van der Waals surface area contributed by atoms with Crippen molar-refractivity contribution in [3.05, 3.63) is 83.3 Å². The second kappa shape index (κ2) is 7.91. The van der Waals surface area contributed by atoms with Gasteiger partial charge in [-0.15, -0.1) is 0 Å². The molecule has 0 N–H and O–H groups in total. The predicted octanol–water partition coefficient (Wildman–Crippen LogP) is 3.86. The first-order chi connectivity index (χ1) is 13.7. The molecule has 2 heterocycles. The Bertz CT molecular complexity index is 954. The van der Waals surface area contributed by atoms with Crippen LogP contribution in [0.3, 0.4) is 0 Å².